The van der Waals surface area contributed by atoms with Crippen LogP contribution in [0.25, 0.3) is 0 Å². The van der Waals surface area contributed by atoms with Crippen LogP contribution in [-0.2, 0) is 4.74 Å². The lowest BCUT2D eigenvalue weighted by Crippen LogP contribution is -2.40. The van der Waals surface area contributed by atoms with E-state index in [1.165, 1.54) is 11.3 Å². The van der Waals surface area contributed by atoms with Crippen molar-refractivity contribution in [1.29, 1.82) is 0 Å². The predicted octanol–water partition coefficient (Wildman–Crippen LogP) is 1.85. The van der Waals surface area contributed by atoms with Gasteiger partial charge in [-0.25, -0.2) is 4.98 Å². The first-order valence-corrected chi connectivity index (χ1v) is 7.78. The van der Waals surface area contributed by atoms with Crippen LogP contribution >= 0.6 is 11.3 Å². The quantitative estimate of drug-likeness (QED) is 0.746. The van der Waals surface area contributed by atoms with Crippen LogP contribution in [0.15, 0.2) is 0 Å². The molecule has 1 fully saturated rings. The van der Waals surface area contributed by atoms with Crippen molar-refractivity contribution in [3.63, 3.8) is 0 Å². The molecule has 1 aromatic rings. The van der Waals surface area contributed by atoms with Gasteiger partial charge < -0.3 is 21.1 Å². The van der Waals surface area contributed by atoms with E-state index in [1.807, 2.05) is 6.92 Å². The van der Waals surface area contributed by atoms with E-state index in [0.717, 1.165) is 32.4 Å². The van der Waals surface area contributed by atoms with Gasteiger partial charge in [-0.05, 0) is 26.2 Å². The fourth-order valence-electron chi connectivity index (χ4n) is 2.13. The SMILES string of the molecule is CCCNc1nc(N)c(C(=O)NCC2(C)CCCO2)s1. The molecule has 0 aromatic carbocycles. The molecule has 0 spiro atoms. The predicted molar refractivity (Wildman–Crippen MR) is 81.2 cm³/mol. The lowest BCUT2D eigenvalue weighted by molar-refractivity contribution is 0.0206. The van der Waals surface area contributed by atoms with Crippen LogP contribution in [-0.4, -0.2) is 36.2 Å². The molecule has 2 rings (SSSR count). The summed E-state index contributed by atoms with van der Waals surface area (Å²) in [5.41, 5.74) is 5.55. The van der Waals surface area contributed by atoms with Crippen LogP contribution in [0.3, 0.4) is 0 Å². The minimum atomic E-state index is -0.252. The Bertz CT molecular complexity index is 469. The molecule has 1 atom stereocenters. The van der Waals surface area contributed by atoms with Gasteiger partial charge in [-0.1, -0.05) is 18.3 Å². The van der Waals surface area contributed by atoms with E-state index >= 15 is 0 Å². The fourth-order valence-corrected chi connectivity index (χ4v) is 2.95. The number of nitrogen functional groups attached to an aromatic ring is 1. The molecule has 0 aliphatic carbocycles. The van der Waals surface area contributed by atoms with Gasteiger partial charge in [0.25, 0.3) is 5.91 Å². The molecule has 1 unspecified atom stereocenters. The second-order valence-electron chi connectivity index (χ2n) is 5.24. The first-order chi connectivity index (χ1) is 9.54. The van der Waals surface area contributed by atoms with E-state index in [4.69, 9.17) is 10.5 Å². The number of carbonyl (C=O) groups excluding carboxylic acids is 1. The van der Waals surface area contributed by atoms with Gasteiger partial charge in [0.15, 0.2) is 5.13 Å². The number of ether oxygens (including phenoxy) is 1. The Hall–Kier alpha value is -1.34. The van der Waals surface area contributed by atoms with Crippen molar-refractivity contribution in [3.05, 3.63) is 4.88 Å². The molecular formula is C13H22N4O2S. The number of thiazole rings is 1. The number of hydrogen-bond donors (Lipinski definition) is 3. The third-order valence-electron chi connectivity index (χ3n) is 3.31. The number of carbonyl (C=O) groups is 1. The van der Waals surface area contributed by atoms with Crippen LogP contribution < -0.4 is 16.4 Å². The maximum atomic E-state index is 12.1. The van der Waals surface area contributed by atoms with Crippen molar-refractivity contribution >= 4 is 28.2 Å². The van der Waals surface area contributed by atoms with Crippen molar-refractivity contribution < 1.29 is 9.53 Å². The van der Waals surface area contributed by atoms with E-state index in [2.05, 4.69) is 22.5 Å². The summed E-state index contributed by atoms with van der Waals surface area (Å²) < 4.78 is 5.64. The minimum absolute atomic E-state index is 0.179. The number of nitrogens with two attached hydrogens (primary N) is 1. The largest absolute Gasteiger partial charge is 0.382 e. The molecule has 4 N–H and O–H groups in total. The zero-order chi connectivity index (χ0) is 14.6. The second kappa shape index (κ2) is 6.41. The number of hydrogen-bond acceptors (Lipinski definition) is 6. The number of aromatic nitrogens is 1. The van der Waals surface area contributed by atoms with Gasteiger partial charge in [0.1, 0.15) is 10.7 Å². The average Bonchev–Trinajstić information content (AvgIpc) is 3.01. The minimum Gasteiger partial charge on any atom is -0.382 e. The molecule has 2 heterocycles. The van der Waals surface area contributed by atoms with E-state index in [9.17, 15) is 4.79 Å². The molecule has 6 nitrogen and oxygen atoms in total. The van der Waals surface area contributed by atoms with Gasteiger partial charge in [0, 0.05) is 19.7 Å². The average molecular weight is 298 g/mol. The van der Waals surface area contributed by atoms with Gasteiger partial charge in [0.2, 0.25) is 0 Å². The van der Waals surface area contributed by atoms with Crippen molar-refractivity contribution in [3.8, 4) is 0 Å². The molecule has 0 saturated carbocycles. The van der Waals surface area contributed by atoms with Crippen LogP contribution in [0.5, 0.6) is 0 Å². The lowest BCUT2D eigenvalue weighted by atomic mass is 10.0. The zero-order valence-electron chi connectivity index (χ0n) is 12.0. The smallest absolute Gasteiger partial charge is 0.265 e. The van der Waals surface area contributed by atoms with Gasteiger partial charge in [-0.3, -0.25) is 4.79 Å². The third kappa shape index (κ3) is 3.61. The summed E-state index contributed by atoms with van der Waals surface area (Å²) in [5, 5.41) is 6.72. The Morgan fingerprint density at radius 3 is 3.05 bits per heavy atom. The Labute approximate surface area is 123 Å². The highest BCUT2D eigenvalue weighted by Crippen LogP contribution is 2.26. The Morgan fingerprint density at radius 1 is 1.60 bits per heavy atom. The normalized spacial score (nSPS) is 21.9. The van der Waals surface area contributed by atoms with Crippen LogP contribution in [0, 0.1) is 0 Å². The van der Waals surface area contributed by atoms with Crippen LogP contribution in [0.2, 0.25) is 0 Å². The van der Waals surface area contributed by atoms with Gasteiger partial charge in [-0.2, -0.15) is 0 Å². The molecule has 112 valence electrons. The van der Waals surface area contributed by atoms with Crippen molar-refractivity contribution in [2.45, 2.75) is 38.7 Å². The highest BCUT2D eigenvalue weighted by atomic mass is 32.1. The zero-order valence-corrected chi connectivity index (χ0v) is 12.8. The summed E-state index contributed by atoms with van der Waals surface area (Å²) in [5.74, 6) is 0.102. The van der Waals surface area contributed by atoms with Crippen LogP contribution in [0.4, 0.5) is 10.9 Å². The Kier molecular flexibility index (Phi) is 4.82. The third-order valence-corrected chi connectivity index (χ3v) is 4.34. The summed E-state index contributed by atoms with van der Waals surface area (Å²) in [4.78, 5) is 16.8. The van der Waals surface area contributed by atoms with Gasteiger partial charge in [0.05, 0.1) is 5.60 Å². The number of nitrogens with zero attached hydrogens (tertiary/aromatic N) is 1. The molecule has 1 aromatic heterocycles. The van der Waals surface area contributed by atoms with E-state index in [1.54, 1.807) is 0 Å². The molecule has 20 heavy (non-hydrogen) atoms. The molecular weight excluding hydrogens is 276 g/mol. The Morgan fingerprint density at radius 2 is 2.40 bits per heavy atom. The molecule has 1 aliphatic heterocycles. The fraction of sp³-hybridized carbons (Fsp3) is 0.692. The topological polar surface area (TPSA) is 89.3 Å². The highest BCUT2D eigenvalue weighted by molar-refractivity contribution is 7.18. The van der Waals surface area contributed by atoms with Gasteiger partial charge in [-0.15, -0.1) is 0 Å². The first-order valence-electron chi connectivity index (χ1n) is 6.96. The molecule has 0 bridgehead atoms. The Balaban J connectivity index is 1.93. The molecule has 1 aliphatic rings. The standard InChI is InChI=1S/C13H22N4O2S/c1-3-6-15-12-17-10(14)9(20-12)11(18)16-8-13(2)5-4-7-19-13/h3-8,14H2,1-2H3,(H,15,17)(H,16,18). The maximum Gasteiger partial charge on any atom is 0.265 e. The van der Waals surface area contributed by atoms with Crippen molar-refractivity contribution in [2.75, 3.05) is 30.7 Å². The number of amides is 1. The van der Waals surface area contributed by atoms with E-state index < -0.39 is 0 Å². The number of anilines is 2. The highest BCUT2D eigenvalue weighted by Gasteiger charge is 2.30. The van der Waals surface area contributed by atoms with Crippen LogP contribution in [0.1, 0.15) is 42.8 Å². The maximum absolute atomic E-state index is 12.1. The number of rotatable bonds is 6. The second-order valence-corrected chi connectivity index (χ2v) is 6.24. The summed E-state index contributed by atoms with van der Waals surface area (Å²) in [6, 6.07) is 0. The summed E-state index contributed by atoms with van der Waals surface area (Å²) in [7, 11) is 0. The number of nitrogens with one attached hydrogen (secondary N) is 2. The molecule has 1 amide bonds. The van der Waals surface area contributed by atoms with E-state index in [0.29, 0.717) is 16.6 Å². The monoisotopic (exact) mass is 298 g/mol. The molecule has 1 saturated heterocycles. The summed E-state index contributed by atoms with van der Waals surface area (Å²) >= 11 is 1.29. The lowest BCUT2D eigenvalue weighted by Gasteiger charge is -2.23. The summed E-state index contributed by atoms with van der Waals surface area (Å²) in [6.07, 6.45) is 3.01. The van der Waals surface area contributed by atoms with Crippen molar-refractivity contribution in [2.24, 2.45) is 0 Å². The first kappa shape index (κ1) is 15.1. The van der Waals surface area contributed by atoms with Gasteiger partial charge >= 0.3 is 0 Å². The van der Waals surface area contributed by atoms with Crippen molar-refractivity contribution in [1.82, 2.24) is 10.3 Å². The molecule has 7 heteroatoms. The molecule has 0 radical (unpaired) electrons. The van der Waals surface area contributed by atoms with E-state index in [-0.39, 0.29) is 17.3 Å². The summed E-state index contributed by atoms with van der Waals surface area (Å²) in [6.45, 7) is 6.17.